The quantitative estimate of drug-likeness (QED) is 0.478. The van der Waals surface area contributed by atoms with Crippen molar-refractivity contribution in [3.8, 4) is 0 Å². The number of aliphatic hydroxyl groups is 1. The molecule has 0 aromatic carbocycles. The molecule has 1 N–H and O–H groups in total. The van der Waals surface area contributed by atoms with Crippen LogP contribution >= 0.6 is 11.6 Å². The molecule has 0 saturated heterocycles. The first-order chi connectivity index (χ1) is 5.31. The van der Waals surface area contributed by atoms with Gasteiger partial charge in [0.25, 0.3) is 0 Å². The molecular formula is C8H17ClO2. The lowest BCUT2D eigenvalue weighted by molar-refractivity contribution is 0.0463. The molecule has 68 valence electrons. The van der Waals surface area contributed by atoms with Crippen LogP contribution in [-0.2, 0) is 4.74 Å². The van der Waals surface area contributed by atoms with E-state index in [1.54, 1.807) is 0 Å². The summed E-state index contributed by atoms with van der Waals surface area (Å²) in [4.78, 5) is 0. The fourth-order valence-electron chi connectivity index (χ4n) is 0.718. The molecular weight excluding hydrogens is 164 g/mol. The van der Waals surface area contributed by atoms with Gasteiger partial charge in [-0.3, -0.25) is 0 Å². The van der Waals surface area contributed by atoms with Gasteiger partial charge >= 0.3 is 0 Å². The van der Waals surface area contributed by atoms with Crippen LogP contribution in [0.25, 0.3) is 0 Å². The molecule has 0 saturated carbocycles. The molecule has 2 nitrogen and oxygen atoms in total. The summed E-state index contributed by atoms with van der Waals surface area (Å²) in [6.45, 7) is 3.25. The summed E-state index contributed by atoms with van der Waals surface area (Å²) in [6, 6.07) is 0. The van der Waals surface area contributed by atoms with E-state index in [4.69, 9.17) is 21.4 Å². The molecule has 0 aliphatic carbocycles. The smallest absolute Gasteiger partial charge is 0.0908 e. The van der Waals surface area contributed by atoms with Crippen LogP contribution in [0, 0.1) is 0 Å². The largest absolute Gasteiger partial charge is 0.389 e. The number of hydrogen-bond acceptors (Lipinski definition) is 2. The number of alkyl halides is 1. The fourth-order valence-corrected chi connectivity index (χ4v) is 0.807. The molecule has 0 spiro atoms. The number of hydrogen-bond donors (Lipinski definition) is 1. The maximum absolute atomic E-state index is 8.96. The Morgan fingerprint density at radius 2 is 2.18 bits per heavy atom. The second kappa shape index (κ2) is 8.31. The van der Waals surface area contributed by atoms with Crippen LogP contribution in [0.5, 0.6) is 0 Å². The molecule has 0 rings (SSSR count). The van der Waals surface area contributed by atoms with Crippen molar-refractivity contribution in [2.45, 2.75) is 32.3 Å². The minimum absolute atomic E-state index is 0.258. The van der Waals surface area contributed by atoms with E-state index in [0.29, 0.717) is 6.61 Å². The fraction of sp³-hybridized carbons (Fsp3) is 1.00. The van der Waals surface area contributed by atoms with Gasteiger partial charge in [-0.05, 0) is 6.42 Å². The van der Waals surface area contributed by atoms with Crippen molar-refractivity contribution >= 4 is 11.6 Å². The van der Waals surface area contributed by atoms with E-state index in [0.717, 1.165) is 13.0 Å². The average Bonchev–Trinajstić information content (AvgIpc) is 2.04. The topological polar surface area (TPSA) is 29.5 Å². The van der Waals surface area contributed by atoms with Crippen molar-refractivity contribution in [3.05, 3.63) is 0 Å². The third-order valence-electron chi connectivity index (χ3n) is 1.38. The van der Waals surface area contributed by atoms with E-state index < -0.39 is 6.10 Å². The Morgan fingerprint density at radius 3 is 2.73 bits per heavy atom. The van der Waals surface area contributed by atoms with E-state index in [1.807, 2.05) is 0 Å². The molecule has 11 heavy (non-hydrogen) atoms. The third-order valence-corrected chi connectivity index (χ3v) is 1.74. The van der Waals surface area contributed by atoms with Crippen molar-refractivity contribution < 1.29 is 9.84 Å². The zero-order valence-corrected chi connectivity index (χ0v) is 7.81. The van der Waals surface area contributed by atoms with Gasteiger partial charge < -0.3 is 9.84 Å². The Hall–Kier alpha value is 0.210. The van der Waals surface area contributed by atoms with E-state index in [-0.39, 0.29) is 5.88 Å². The summed E-state index contributed by atoms with van der Waals surface area (Å²) in [6.07, 6.45) is 2.96. The van der Waals surface area contributed by atoms with Crippen molar-refractivity contribution in [3.63, 3.8) is 0 Å². The zero-order valence-electron chi connectivity index (χ0n) is 7.05. The van der Waals surface area contributed by atoms with Crippen molar-refractivity contribution in [1.82, 2.24) is 0 Å². The highest BCUT2D eigenvalue weighted by Gasteiger charge is 1.99. The number of ether oxygens (including phenoxy) is 1. The first-order valence-electron chi connectivity index (χ1n) is 4.13. The predicted octanol–water partition coefficient (Wildman–Crippen LogP) is 1.79. The Balaban J connectivity index is 2.89. The van der Waals surface area contributed by atoms with Crippen LogP contribution in [-0.4, -0.2) is 30.3 Å². The van der Waals surface area contributed by atoms with Crippen LogP contribution in [0.3, 0.4) is 0 Å². The van der Waals surface area contributed by atoms with Crippen molar-refractivity contribution in [1.29, 1.82) is 0 Å². The second-order valence-electron chi connectivity index (χ2n) is 2.59. The average molecular weight is 181 g/mol. The van der Waals surface area contributed by atoms with Crippen molar-refractivity contribution in [2.75, 3.05) is 19.1 Å². The standard InChI is InChI=1S/C8H17ClO2/c1-2-3-4-5-11-7-8(10)6-9/h8,10H,2-7H2,1H3/t8-/m0/s1. The molecule has 0 bridgehead atoms. The van der Waals surface area contributed by atoms with Gasteiger partial charge in [0.1, 0.15) is 0 Å². The Labute approximate surface area is 73.5 Å². The van der Waals surface area contributed by atoms with Gasteiger partial charge in [-0.2, -0.15) is 0 Å². The lowest BCUT2D eigenvalue weighted by Crippen LogP contribution is -2.17. The highest BCUT2D eigenvalue weighted by atomic mass is 35.5. The molecule has 0 heterocycles. The van der Waals surface area contributed by atoms with Crippen LogP contribution in [0.2, 0.25) is 0 Å². The lowest BCUT2D eigenvalue weighted by Gasteiger charge is -2.06. The van der Waals surface area contributed by atoms with E-state index in [1.165, 1.54) is 12.8 Å². The molecule has 0 aliphatic rings. The van der Waals surface area contributed by atoms with Crippen LogP contribution < -0.4 is 0 Å². The summed E-state index contributed by atoms with van der Waals surface area (Å²) in [5, 5.41) is 8.96. The molecule has 0 aromatic heterocycles. The Morgan fingerprint density at radius 1 is 1.45 bits per heavy atom. The summed E-state index contributed by atoms with van der Waals surface area (Å²) < 4.78 is 5.15. The normalized spacial score (nSPS) is 13.4. The number of unbranched alkanes of at least 4 members (excludes halogenated alkanes) is 2. The zero-order chi connectivity index (χ0) is 8.53. The van der Waals surface area contributed by atoms with E-state index in [2.05, 4.69) is 6.92 Å². The van der Waals surface area contributed by atoms with Crippen LogP contribution in [0.4, 0.5) is 0 Å². The molecule has 0 aromatic rings. The third kappa shape index (κ3) is 8.11. The van der Waals surface area contributed by atoms with Gasteiger partial charge in [-0.1, -0.05) is 19.8 Å². The first-order valence-corrected chi connectivity index (χ1v) is 4.66. The molecule has 3 heteroatoms. The second-order valence-corrected chi connectivity index (χ2v) is 2.90. The molecule has 0 unspecified atom stereocenters. The molecule has 0 amide bonds. The lowest BCUT2D eigenvalue weighted by atomic mass is 10.3. The molecule has 1 atom stereocenters. The summed E-state index contributed by atoms with van der Waals surface area (Å²) in [5.41, 5.74) is 0. The van der Waals surface area contributed by atoms with Gasteiger partial charge in [0, 0.05) is 6.61 Å². The number of halogens is 1. The number of rotatable bonds is 7. The monoisotopic (exact) mass is 180 g/mol. The van der Waals surface area contributed by atoms with Crippen molar-refractivity contribution in [2.24, 2.45) is 0 Å². The molecule has 0 radical (unpaired) electrons. The molecule has 0 fully saturated rings. The van der Waals surface area contributed by atoms with E-state index in [9.17, 15) is 0 Å². The van der Waals surface area contributed by atoms with Gasteiger partial charge in [0.15, 0.2) is 0 Å². The maximum atomic E-state index is 8.96. The van der Waals surface area contributed by atoms with Gasteiger partial charge in [-0.15, -0.1) is 11.6 Å². The van der Waals surface area contributed by atoms with Gasteiger partial charge in [-0.25, -0.2) is 0 Å². The minimum Gasteiger partial charge on any atom is -0.389 e. The van der Waals surface area contributed by atoms with E-state index >= 15 is 0 Å². The number of aliphatic hydroxyl groups excluding tert-OH is 1. The highest BCUT2D eigenvalue weighted by Crippen LogP contribution is 1.95. The summed E-state index contributed by atoms with van der Waals surface area (Å²) in [7, 11) is 0. The van der Waals surface area contributed by atoms with Crippen LogP contribution in [0.15, 0.2) is 0 Å². The SMILES string of the molecule is CCCCCOC[C@@H](O)CCl. The summed E-state index contributed by atoms with van der Waals surface area (Å²) >= 11 is 5.36. The predicted molar refractivity (Wildman–Crippen MR) is 47.1 cm³/mol. The Bertz CT molecular complexity index is 78.5. The van der Waals surface area contributed by atoms with Crippen LogP contribution in [0.1, 0.15) is 26.2 Å². The minimum atomic E-state index is -0.502. The molecule has 0 aliphatic heterocycles. The van der Waals surface area contributed by atoms with Gasteiger partial charge in [0.05, 0.1) is 18.6 Å². The maximum Gasteiger partial charge on any atom is 0.0908 e. The highest BCUT2D eigenvalue weighted by molar-refractivity contribution is 6.18. The summed E-state index contributed by atoms with van der Waals surface area (Å²) in [5.74, 6) is 0.258. The van der Waals surface area contributed by atoms with Gasteiger partial charge in [0.2, 0.25) is 0 Å². The Kier molecular flexibility index (Phi) is 8.47. The first kappa shape index (κ1) is 11.2.